The average molecular weight is 463 g/mol. The van der Waals surface area contributed by atoms with Gasteiger partial charge < -0.3 is 39.9 Å². The number of aromatic amines is 1. The van der Waals surface area contributed by atoms with Gasteiger partial charge in [-0.1, -0.05) is 20.3 Å². The monoisotopic (exact) mass is 463 g/mol. The maximum absolute atomic E-state index is 12.7. The maximum Gasteiger partial charge on any atom is 0.469 e. The molecule has 2 aliphatic heterocycles. The number of anilines is 3. The van der Waals surface area contributed by atoms with Gasteiger partial charge in [-0.3, -0.25) is 14.3 Å². The number of phosphoric ester groups is 1. The number of aliphatic hydroxyl groups is 2. The molecule has 14 heteroatoms. The van der Waals surface area contributed by atoms with E-state index < -0.39 is 39.0 Å². The van der Waals surface area contributed by atoms with Crippen LogP contribution in [0.1, 0.15) is 26.7 Å². The Morgan fingerprint density at radius 2 is 2.10 bits per heavy atom. The number of hydrogen-bond donors (Lipinski definition) is 6. The number of H-pyrrole nitrogens is 1. The molecule has 3 rings (SSSR count). The van der Waals surface area contributed by atoms with Crippen LogP contribution in [-0.4, -0.2) is 81.4 Å². The summed E-state index contributed by atoms with van der Waals surface area (Å²) < 4.78 is 21.1. The first-order chi connectivity index (χ1) is 14.6. The van der Waals surface area contributed by atoms with E-state index in [4.69, 9.17) is 14.5 Å². The normalized spacial score (nSPS) is 26.9. The van der Waals surface area contributed by atoms with Crippen molar-refractivity contribution in [2.24, 2.45) is 5.92 Å². The lowest BCUT2D eigenvalue weighted by Gasteiger charge is -2.28. The molecule has 0 saturated carbocycles. The first-order valence-electron chi connectivity index (χ1n) is 10.1. The van der Waals surface area contributed by atoms with Crippen LogP contribution in [0.4, 0.5) is 17.5 Å². The van der Waals surface area contributed by atoms with Crippen molar-refractivity contribution in [3.05, 3.63) is 10.4 Å². The Morgan fingerprint density at radius 3 is 2.71 bits per heavy atom. The number of aromatic nitrogens is 2. The number of rotatable bonds is 9. The second-order valence-electron chi connectivity index (χ2n) is 7.85. The molecule has 31 heavy (non-hydrogen) atoms. The number of nitrogens with zero attached hydrogens (tertiary/aromatic N) is 3. The molecule has 1 saturated heterocycles. The minimum Gasteiger partial charge on any atom is -0.387 e. The Morgan fingerprint density at radius 1 is 1.39 bits per heavy atom. The van der Waals surface area contributed by atoms with Crippen molar-refractivity contribution >= 4 is 25.3 Å². The first kappa shape index (κ1) is 23.9. The topological polar surface area (TPSA) is 181 Å². The molecule has 1 aromatic rings. The second-order valence-corrected chi connectivity index (χ2v) is 9.09. The molecular formula is C17H30N5O8P. The Labute approximate surface area is 179 Å². The smallest absolute Gasteiger partial charge is 0.387 e. The molecule has 0 spiro atoms. The van der Waals surface area contributed by atoms with Gasteiger partial charge in [0.2, 0.25) is 5.95 Å². The van der Waals surface area contributed by atoms with Crippen LogP contribution >= 0.6 is 7.82 Å². The molecule has 176 valence electrons. The highest BCUT2D eigenvalue weighted by molar-refractivity contribution is 7.46. The highest BCUT2D eigenvalue weighted by Crippen LogP contribution is 2.40. The largest absolute Gasteiger partial charge is 0.469 e. The summed E-state index contributed by atoms with van der Waals surface area (Å²) in [5, 5.41) is 23.7. The van der Waals surface area contributed by atoms with Gasteiger partial charge in [0, 0.05) is 13.6 Å². The van der Waals surface area contributed by atoms with E-state index in [9.17, 15) is 19.6 Å². The van der Waals surface area contributed by atoms with Crippen molar-refractivity contribution in [3.63, 3.8) is 0 Å². The van der Waals surface area contributed by atoms with E-state index in [1.54, 1.807) is 11.9 Å². The molecule has 6 N–H and O–H groups in total. The zero-order valence-corrected chi connectivity index (χ0v) is 18.5. The molecule has 5 atom stereocenters. The average Bonchev–Trinajstić information content (AvgIpc) is 3.22. The van der Waals surface area contributed by atoms with Crippen LogP contribution in [0.25, 0.3) is 0 Å². The minimum absolute atomic E-state index is 0.190. The van der Waals surface area contributed by atoms with E-state index in [1.807, 2.05) is 4.90 Å². The molecule has 0 aromatic carbocycles. The number of fused-ring (bicyclic) bond motifs is 1. The standard InChI is InChI=1S/C17H30N5O8P/c1-4-9(2)5-6-21-8-22(14-11(21)15(25)20-17(18-3)19-14)16-13(24)12(23)10(30-16)7-29-31(26,27)28/h9-10,12-13,16,23-24H,4-8H2,1-3H3,(H2,26,27,28)(H2,18,19,20,25)/t9-,10+,12+,13+,16+/m0/s1. The molecular weight excluding hydrogens is 433 g/mol. The lowest BCUT2D eigenvalue weighted by molar-refractivity contribution is -0.0218. The van der Waals surface area contributed by atoms with Crippen LogP contribution in [0.5, 0.6) is 0 Å². The zero-order valence-electron chi connectivity index (χ0n) is 17.6. The fraction of sp³-hybridized carbons (Fsp3) is 0.765. The van der Waals surface area contributed by atoms with Crippen LogP contribution in [-0.2, 0) is 13.8 Å². The number of ether oxygens (including phenoxy) is 1. The van der Waals surface area contributed by atoms with Gasteiger partial charge in [0.05, 0.1) is 13.3 Å². The molecule has 13 nitrogen and oxygen atoms in total. The van der Waals surface area contributed by atoms with E-state index in [0.29, 0.717) is 18.2 Å². The summed E-state index contributed by atoms with van der Waals surface area (Å²) in [6.45, 7) is 4.37. The van der Waals surface area contributed by atoms with E-state index in [1.165, 1.54) is 0 Å². The third-order valence-corrected chi connectivity index (χ3v) is 6.15. The lowest BCUT2D eigenvalue weighted by atomic mass is 10.1. The van der Waals surface area contributed by atoms with Gasteiger partial charge in [-0.25, -0.2) is 4.57 Å². The number of aliphatic hydroxyl groups excluding tert-OH is 2. The van der Waals surface area contributed by atoms with Crippen LogP contribution in [0, 0.1) is 5.92 Å². The number of hydrogen-bond acceptors (Lipinski definition) is 10. The molecule has 0 aliphatic carbocycles. The fourth-order valence-electron chi connectivity index (χ4n) is 3.64. The van der Waals surface area contributed by atoms with E-state index >= 15 is 0 Å². The molecule has 2 aliphatic rings. The van der Waals surface area contributed by atoms with Gasteiger partial charge in [-0.15, -0.1) is 0 Å². The highest BCUT2D eigenvalue weighted by Gasteiger charge is 2.49. The zero-order chi connectivity index (χ0) is 22.9. The van der Waals surface area contributed by atoms with Crippen molar-refractivity contribution in [2.45, 2.75) is 51.2 Å². The van der Waals surface area contributed by atoms with Gasteiger partial charge in [0.15, 0.2) is 12.0 Å². The summed E-state index contributed by atoms with van der Waals surface area (Å²) in [6.07, 6.45) is -3.28. The van der Waals surface area contributed by atoms with Crippen molar-refractivity contribution in [1.82, 2.24) is 9.97 Å². The van der Waals surface area contributed by atoms with Gasteiger partial charge in [-0.05, 0) is 12.3 Å². The highest BCUT2D eigenvalue weighted by atomic mass is 31.2. The molecule has 0 bridgehead atoms. The molecule has 1 fully saturated rings. The molecule has 0 radical (unpaired) electrons. The molecule has 1 aromatic heterocycles. The van der Waals surface area contributed by atoms with E-state index in [2.05, 4.69) is 33.7 Å². The second kappa shape index (κ2) is 9.41. The Bertz CT molecular complexity index is 879. The SMILES string of the molecule is CC[C@H](C)CCN1CN([C@@H]2O[C@H](COP(=O)(O)O)[C@@H](O)[C@H]2O)c2nc(NC)[nH]c(=O)c21. The first-order valence-corrected chi connectivity index (χ1v) is 11.6. The summed E-state index contributed by atoms with van der Waals surface area (Å²) in [7, 11) is -3.17. The molecule has 0 unspecified atom stereocenters. The Balaban J connectivity index is 1.87. The quantitative estimate of drug-likeness (QED) is 0.256. The van der Waals surface area contributed by atoms with Crippen molar-refractivity contribution in [1.29, 1.82) is 0 Å². The number of phosphoric acid groups is 1. The molecule has 3 heterocycles. The predicted octanol–water partition coefficient (Wildman–Crippen LogP) is -0.612. The lowest BCUT2D eigenvalue weighted by Crippen LogP contribution is -2.46. The van der Waals surface area contributed by atoms with Crippen LogP contribution in [0.2, 0.25) is 0 Å². The summed E-state index contributed by atoms with van der Waals surface area (Å²) in [4.78, 5) is 41.0. The van der Waals surface area contributed by atoms with Crippen molar-refractivity contribution in [3.8, 4) is 0 Å². The Kier molecular flexibility index (Phi) is 7.26. The summed E-state index contributed by atoms with van der Waals surface area (Å²) >= 11 is 0. The van der Waals surface area contributed by atoms with Gasteiger partial charge in [-0.2, -0.15) is 4.98 Å². The maximum atomic E-state index is 12.7. The summed E-state index contributed by atoms with van der Waals surface area (Å²) in [6, 6.07) is 0. The predicted molar refractivity (Wildman–Crippen MR) is 112 cm³/mol. The van der Waals surface area contributed by atoms with Crippen molar-refractivity contribution in [2.75, 3.05) is 42.0 Å². The molecule has 0 amide bonds. The van der Waals surface area contributed by atoms with Crippen LogP contribution < -0.4 is 20.7 Å². The fourth-order valence-corrected chi connectivity index (χ4v) is 3.98. The third-order valence-electron chi connectivity index (χ3n) is 5.66. The minimum atomic E-state index is -4.77. The third kappa shape index (κ3) is 5.20. The Hall–Kier alpha value is -1.73. The van der Waals surface area contributed by atoms with Gasteiger partial charge in [0.1, 0.15) is 24.0 Å². The van der Waals surface area contributed by atoms with Gasteiger partial charge >= 0.3 is 7.82 Å². The van der Waals surface area contributed by atoms with Crippen LogP contribution in [0.15, 0.2) is 4.79 Å². The van der Waals surface area contributed by atoms with Crippen LogP contribution in [0.3, 0.4) is 0 Å². The van der Waals surface area contributed by atoms with Crippen molar-refractivity contribution < 1.29 is 33.8 Å². The summed E-state index contributed by atoms with van der Waals surface area (Å²) in [5.41, 5.74) is -0.0158. The number of nitrogens with one attached hydrogen (secondary N) is 2. The summed E-state index contributed by atoms with van der Waals surface area (Å²) in [5.74, 6) is 0.961. The van der Waals surface area contributed by atoms with E-state index in [0.717, 1.165) is 12.8 Å². The van der Waals surface area contributed by atoms with Gasteiger partial charge in [0.25, 0.3) is 5.56 Å². The van der Waals surface area contributed by atoms with E-state index in [-0.39, 0.29) is 24.0 Å².